The molecule has 0 aromatic heterocycles. The summed E-state index contributed by atoms with van der Waals surface area (Å²) in [5.74, 6) is 2.51. The van der Waals surface area contributed by atoms with Crippen LogP contribution in [0.15, 0.2) is 0 Å². The molecule has 2 aliphatic rings. The highest BCUT2D eigenvalue weighted by Gasteiger charge is 2.49. The van der Waals surface area contributed by atoms with E-state index in [1.165, 1.54) is 11.3 Å². The first-order chi connectivity index (χ1) is 9.19. The Morgan fingerprint density at radius 2 is 1.79 bits per heavy atom. The molecule has 0 radical (unpaired) electrons. The average Bonchev–Trinajstić information content (AvgIpc) is 2.59. The van der Waals surface area contributed by atoms with Crippen LogP contribution in [0.4, 0.5) is 4.79 Å². The number of urea groups is 1. The molecule has 2 fully saturated rings. The summed E-state index contributed by atoms with van der Waals surface area (Å²) in [6, 6.07) is -0.234. The molecule has 0 unspecified atom stereocenters. The Labute approximate surface area is 114 Å². The summed E-state index contributed by atoms with van der Waals surface area (Å²) in [5, 5.41) is 2.95. The van der Waals surface area contributed by atoms with Crippen LogP contribution in [-0.4, -0.2) is 28.9 Å². The van der Waals surface area contributed by atoms with Crippen LogP contribution in [0.25, 0.3) is 0 Å². The number of unbranched alkanes of at least 4 members (excludes halogenated alkanes) is 1. The molecule has 1 spiro atoms. The van der Waals surface area contributed by atoms with E-state index in [2.05, 4.69) is 11.2 Å². The fraction of sp³-hybridized carbons (Fsp3) is 0.733. The van der Waals surface area contributed by atoms with Crippen LogP contribution in [0.3, 0.4) is 0 Å². The van der Waals surface area contributed by atoms with Crippen LogP contribution >= 0.6 is 0 Å². The Morgan fingerprint density at radius 1 is 1.16 bits per heavy atom. The first-order valence-electron chi connectivity index (χ1n) is 7.27. The number of amides is 3. The van der Waals surface area contributed by atoms with Crippen molar-refractivity contribution in [2.75, 3.05) is 6.54 Å². The summed E-state index contributed by atoms with van der Waals surface area (Å²) in [6.45, 7) is 0.441. The van der Waals surface area contributed by atoms with E-state index < -0.39 is 5.54 Å². The van der Waals surface area contributed by atoms with Crippen LogP contribution in [0.2, 0.25) is 0 Å². The lowest BCUT2D eigenvalue weighted by atomic mass is 9.84. The van der Waals surface area contributed by atoms with Gasteiger partial charge in [0, 0.05) is 13.0 Å². The van der Waals surface area contributed by atoms with Gasteiger partial charge in [-0.1, -0.05) is 32.1 Å². The molecule has 4 nitrogen and oxygen atoms in total. The smallest absolute Gasteiger partial charge is 0.323 e. The third-order valence-electron chi connectivity index (χ3n) is 4.16. The fourth-order valence-corrected chi connectivity index (χ4v) is 3.07. The molecule has 19 heavy (non-hydrogen) atoms. The Balaban J connectivity index is 2.04. The second-order valence-electron chi connectivity index (χ2n) is 5.54. The predicted octanol–water partition coefficient (Wildman–Crippen LogP) is 2.43. The fourth-order valence-electron chi connectivity index (χ4n) is 3.07. The summed E-state index contributed by atoms with van der Waals surface area (Å²) in [7, 11) is 0. The number of rotatable bonds is 3. The quantitative estimate of drug-likeness (QED) is 0.482. The number of nitrogens with one attached hydrogen (secondary N) is 1. The van der Waals surface area contributed by atoms with Crippen molar-refractivity contribution in [2.24, 2.45) is 0 Å². The summed E-state index contributed by atoms with van der Waals surface area (Å²) in [4.78, 5) is 25.9. The predicted molar refractivity (Wildman–Crippen MR) is 73.4 cm³/mol. The van der Waals surface area contributed by atoms with Gasteiger partial charge in [0.15, 0.2) is 0 Å². The zero-order valence-corrected chi connectivity index (χ0v) is 11.4. The lowest BCUT2D eigenvalue weighted by Gasteiger charge is -2.28. The average molecular weight is 262 g/mol. The molecule has 1 N–H and O–H groups in total. The van der Waals surface area contributed by atoms with E-state index in [0.717, 1.165) is 38.5 Å². The highest BCUT2D eigenvalue weighted by molar-refractivity contribution is 6.07. The van der Waals surface area contributed by atoms with Gasteiger partial charge >= 0.3 is 6.03 Å². The molecule has 0 atom stereocenters. The van der Waals surface area contributed by atoms with Gasteiger partial charge in [-0.25, -0.2) is 4.79 Å². The highest BCUT2D eigenvalue weighted by Crippen LogP contribution is 2.32. The molecule has 3 amide bonds. The van der Waals surface area contributed by atoms with Crippen molar-refractivity contribution in [3.8, 4) is 12.3 Å². The van der Waals surface area contributed by atoms with Gasteiger partial charge in [0.25, 0.3) is 5.91 Å². The minimum absolute atomic E-state index is 0.0311. The van der Waals surface area contributed by atoms with Crippen molar-refractivity contribution in [3.63, 3.8) is 0 Å². The van der Waals surface area contributed by atoms with Crippen molar-refractivity contribution < 1.29 is 9.59 Å². The molecule has 0 bridgehead atoms. The van der Waals surface area contributed by atoms with Crippen LogP contribution in [-0.2, 0) is 4.79 Å². The zero-order valence-electron chi connectivity index (χ0n) is 11.4. The van der Waals surface area contributed by atoms with E-state index in [1.807, 2.05) is 0 Å². The van der Waals surface area contributed by atoms with Crippen LogP contribution in [0, 0.1) is 12.3 Å². The Kier molecular flexibility index (Phi) is 4.47. The highest BCUT2D eigenvalue weighted by atomic mass is 16.2. The molecule has 104 valence electrons. The van der Waals surface area contributed by atoms with Gasteiger partial charge < -0.3 is 5.32 Å². The molecular formula is C15H22N2O2. The first kappa shape index (κ1) is 13.9. The van der Waals surface area contributed by atoms with Crippen LogP contribution in [0.1, 0.15) is 57.8 Å². The number of terminal acetylenes is 1. The van der Waals surface area contributed by atoms with Crippen molar-refractivity contribution in [1.29, 1.82) is 0 Å². The number of nitrogens with zero attached hydrogens (tertiary/aromatic N) is 1. The second-order valence-corrected chi connectivity index (χ2v) is 5.54. The summed E-state index contributed by atoms with van der Waals surface area (Å²) >= 11 is 0. The normalized spacial score (nSPS) is 22.8. The summed E-state index contributed by atoms with van der Waals surface area (Å²) in [6.07, 6.45) is 13.6. The van der Waals surface area contributed by atoms with Crippen molar-refractivity contribution in [3.05, 3.63) is 0 Å². The van der Waals surface area contributed by atoms with Gasteiger partial charge in [0.1, 0.15) is 5.54 Å². The summed E-state index contributed by atoms with van der Waals surface area (Å²) in [5.41, 5.74) is -0.617. The van der Waals surface area contributed by atoms with Gasteiger partial charge in [-0.15, -0.1) is 12.3 Å². The van der Waals surface area contributed by atoms with Crippen LogP contribution < -0.4 is 5.32 Å². The molecule has 4 heteroatoms. The van der Waals surface area contributed by atoms with Crippen LogP contribution in [0.5, 0.6) is 0 Å². The van der Waals surface area contributed by atoms with Gasteiger partial charge in [-0.3, -0.25) is 9.69 Å². The van der Waals surface area contributed by atoms with Crippen molar-refractivity contribution >= 4 is 11.9 Å². The number of hydrogen-bond donors (Lipinski definition) is 1. The van der Waals surface area contributed by atoms with Gasteiger partial charge in [0.05, 0.1) is 0 Å². The van der Waals surface area contributed by atoms with Gasteiger partial charge in [0.2, 0.25) is 0 Å². The number of hydrogen-bond acceptors (Lipinski definition) is 2. The molecular weight excluding hydrogens is 240 g/mol. The largest absolute Gasteiger partial charge is 0.325 e. The Bertz CT molecular complexity index is 389. The number of carbonyl (C=O) groups is 2. The van der Waals surface area contributed by atoms with E-state index >= 15 is 0 Å². The monoisotopic (exact) mass is 262 g/mol. The van der Waals surface area contributed by atoms with Gasteiger partial charge in [-0.05, 0) is 19.3 Å². The zero-order chi connectivity index (χ0) is 13.7. The van der Waals surface area contributed by atoms with E-state index in [1.54, 1.807) is 0 Å². The van der Waals surface area contributed by atoms with E-state index in [9.17, 15) is 9.59 Å². The minimum Gasteiger partial charge on any atom is -0.323 e. The third kappa shape index (κ3) is 2.91. The molecule has 1 aliphatic carbocycles. The molecule has 1 aliphatic heterocycles. The molecule has 1 saturated heterocycles. The minimum atomic E-state index is -0.617. The lowest BCUT2D eigenvalue weighted by Crippen LogP contribution is -2.47. The van der Waals surface area contributed by atoms with Crippen molar-refractivity contribution in [2.45, 2.75) is 63.3 Å². The molecule has 0 aromatic rings. The Hall–Kier alpha value is -1.50. The SMILES string of the molecule is C#CCCCN1C(=O)NC2(CCCCCCC2)C1=O. The maximum Gasteiger partial charge on any atom is 0.325 e. The molecule has 2 rings (SSSR count). The first-order valence-corrected chi connectivity index (χ1v) is 7.27. The van der Waals surface area contributed by atoms with Crippen molar-refractivity contribution in [1.82, 2.24) is 10.2 Å². The number of imide groups is 1. The molecule has 0 aromatic carbocycles. The van der Waals surface area contributed by atoms with E-state index in [4.69, 9.17) is 6.42 Å². The lowest BCUT2D eigenvalue weighted by molar-refractivity contribution is -0.132. The third-order valence-corrected chi connectivity index (χ3v) is 4.16. The molecule has 1 heterocycles. The van der Waals surface area contributed by atoms with E-state index in [-0.39, 0.29) is 11.9 Å². The topological polar surface area (TPSA) is 49.4 Å². The summed E-state index contributed by atoms with van der Waals surface area (Å²) < 4.78 is 0. The van der Waals surface area contributed by atoms with E-state index in [0.29, 0.717) is 19.4 Å². The number of carbonyl (C=O) groups excluding carboxylic acids is 2. The Morgan fingerprint density at radius 3 is 2.42 bits per heavy atom. The van der Waals surface area contributed by atoms with Gasteiger partial charge in [-0.2, -0.15) is 0 Å². The maximum absolute atomic E-state index is 12.5. The maximum atomic E-state index is 12.5. The second kappa shape index (κ2) is 6.10. The standard InChI is InChI=1S/C15H22N2O2/c1-2-3-9-12-17-13(18)15(16-14(17)19)10-7-5-4-6-8-11-15/h1H,3-12H2,(H,16,19). The molecule has 1 saturated carbocycles.